The smallest absolute Gasteiger partial charge is 0.149 e. The van der Waals surface area contributed by atoms with Crippen molar-refractivity contribution in [2.24, 2.45) is 0 Å². The van der Waals surface area contributed by atoms with Crippen LogP contribution in [0.2, 0.25) is 0 Å². The molecule has 0 unspecified atom stereocenters. The van der Waals surface area contributed by atoms with Crippen molar-refractivity contribution in [3.8, 4) is 11.8 Å². The highest BCUT2D eigenvalue weighted by atomic mass is 16.5. The number of methoxy groups -OCH3 is 1. The van der Waals surface area contributed by atoms with Crippen LogP contribution in [0.25, 0.3) is 22.7 Å². The molecule has 21 heavy (non-hydrogen) atoms. The van der Waals surface area contributed by atoms with Gasteiger partial charge in [0, 0.05) is 12.1 Å². The molecule has 0 aliphatic rings. The molecule has 2 aromatic heterocycles. The Morgan fingerprint density at radius 3 is 2.90 bits per heavy atom. The standard InChI is InChI=1S/C16H13N3O2/c1-10-3-4-13(21-10)7-11(9-17)16-18-14-6-5-12(20-2)8-15(14)19-16/h3-8H,1-2H3,(H,18,19)/b11-7-. The normalized spacial score (nSPS) is 11.6. The van der Waals surface area contributed by atoms with Gasteiger partial charge in [0.05, 0.1) is 23.7 Å². The van der Waals surface area contributed by atoms with Gasteiger partial charge in [0.15, 0.2) is 0 Å². The second kappa shape index (κ2) is 5.17. The highest BCUT2D eigenvalue weighted by Gasteiger charge is 2.09. The van der Waals surface area contributed by atoms with Crippen LogP contribution < -0.4 is 4.74 Å². The molecule has 104 valence electrons. The number of nitrogens with zero attached hydrogens (tertiary/aromatic N) is 2. The Morgan fingerprint density at radius 2 is 2.24 bits per heavy atom. The van der Waals surface area contributed by atoms with Gasteiger partial charge in [0.1, 0.15) is 29.2 Å². The Morgan fingerprint density at radius 1 is 1.38 bits per heavy atom. The molecule has 0 amide bonds. The van der Waals surface area contributed by atoms with Crippen molar-refractivity contribution < 1.29 is 9.15 Å². The summed E-state index contributed by atoms with van der Waals surface area (Å²) in [7, 11) is 1.61. The maximum absolute atomic E-state index is 9.33. The Bertz CT molecular complexity index is 865. The molecule has 0 radical (unpaired) electrons. The van der Waals surface area contributed by atoms with Gasteiger partial charge in [-0.3, -0.25) is 0 Å². The van der Waals surface area contributed by atoms with E-state index in [1.165, 1.54) is 0 Å². The number of hydrogen-bond acceptors (Lipinski definition) is 4. The van der Waals surface area contributed by atoms with E-state index in [1.54, 1.807) is 13.2 Å². The second-order valence-corrected chi connectivity index (χ2v) is 4.59. The largest absolute Gasteiger partial charge is 0.497 e. The molecule has 3 aromatic rings. The summed E-state index contributed by atoms with van der Waals surface area (Å²) in [5.74, 6) is 2.67. The average molecular weight is 279 g/mol. The molecule has 3 rings (SSSR count). The van der Waals surface area contributed by atoms with Crippen LogP contribution in [-0.2, 0) is 0 Å². The molecular formula is C16H13N3O2. The van der Waals surface area contributed by atoms with E-state index in [2.05, 4.69) is 16.0 Å². The Balaban J connectivity index is 2.05. The van der Waals surface area contributed by atoms with Gasteiger partial charge >= 0.3 is 0 Å². The second-order valence-electron chi connectivity index (χ2n) is 4.59. The van der Waals surface area contributed by atoms with Gasteiger partial charge in [-0.25, -0.2) is 4.98 Å². The zero-order valence-corrected chi connectivity index (χ0v) is 11.7. The first-order chi connectivity index (χ1) is 10.2. The summed E-state index contributed by atoms with van der Waals surface area (Å²) in [6, 6.07) is 11.3. The molecule has 5 nitrogen and oxygen atoms in total. The molecular weight excluding hydrogens is 266 g/mol. The van der Waals surface area contributed by atoms with Crippen LogP contribution in [0, 0.1) is 18.3 Å². The summed E-state index contributed by atoms with van der Waals surface area (Å²) in [6.07, 6.45) is 1.67. The summed E-state index contributed by atoms with van der Waals surface area (Å²) in [5.41, 5.74) is 2.02. The maximum atomic E-state index is 9.33. The van der Waals surface area contributed by atoms with Crippen LogP contribution in [0.1, 0.15) is 17.3 Å². The number of hydrogen-bond donors (Lipinski definition) is 1. The van der Waals surface area contributed by atoms with E-state index in [-0.39, 0.29) is 0 Å². The summed E-state index contributed by atoms with van der Waals surface area (Å²) in [6.45, 7) is 1.86. The van der Waals surface area contributed by atoms with Crippen LogP contribution in [0.3, 0.4) is 0 Å². The lowest BCUT2D eigenvalue weighted by atomic mass is 10.2. The molecule has 5 heteroatoms. The number of ether oxygens (including phenoxy) is 1. The van der Waals surface area contributed by atoms with Crippen LogP contribution in [-0.4, -0.2) is 17.1 Å². The predicted molar refractivity (Wildman–Crippen MR) is 79.6 cm³/mol. The quantitative estimate of drug-likeness (QED) is 0.744. The minimum Gasteiger partial charge on any atom is -0.497 e. The van der Waals surface area contributed by atoms with E-state index in [1.807, 2.05) is 37.3 Å². The van der Waals surface area contributed by atoms with Gasteiger partial charge in [-0.1, -0.05) is 0 Å². The fourth-order valence-corrected chi connectivity index (χ4v) is 2.07. The van der Waals surface area contributed by atoms with Gasteiger partial charge in [0.25, 0.3) is 0 Å². The number of furan rings is 1. The molecule has 0 bridgehead atoms. The Kier molecular flexibility index (Phi) is 3.20. The molecule has 0 aliphatic heterocycles. The number of aromatic nitrogens is 2. The molecule has 0 fully saturated rings. The van der Waals surface area contributed by atoms with Gasteiger partial charge in [-0.2, -0.15) is 5.26 Å². The first-order valence-corrected chi connectivity index (χ1v) is 6.42. The van der Waals surface area contributed by atoms with Crippen molar-refractivity contribution in [3.05, 3.63) is 47.7 Å². The van der Waals surface area contributed by atoms with Crippen LogP contribution in [0.15, 0.2) is 34.7 Å². The number of benzene rings is 1. The van der Waals surface area contributed by atoms with Crippen LogP contribution >= 0.6 is 0 Å². The summed E-state index contributed by atoms with van der Waals surface area (Å²) in [5, 5.41) is 9.33. The van der Waals surface area contributed by atoms with E-state index >= 15 is 0 Å². The van der Waals surface area contributed by atoms with Crippen LogP contribution in [0.5, 0.6) is 5.75 Å². The third-order valence-electron chi connectivity index (χ3n) is 3.11. The van der Waals surface area contributed by atoms with Crippen molar-refractivity contribution in [2.45, 2.75) is 6.92 Å². The maximum Gasteiger partial charge on any atom is 0.149 e. The molecule has 1 aromatic carbocycles. The Hall–Kier alpha value is -3.00. The number of rotatable bonds is 3. The number of aryl methyl sites for hydroxylation is 1. The first-order valence-electron chi connectivity index (χ1n) is 6.42. The van der Waals surface area contributed by atoms with Crippen molar-refractivity contribution in [1.29, 1.82) is 5.26 Å². The van der Waals surface area contributed by atoms with E-state index < -0.39 is 0 Å². The number of imidazole rings is 1. The van der Waals surface area contributed by atoms with Crippen molar-refractivity contribution in [2.75, 3.05) is 7.11 Å². The highest BCUT2D eigenvalue weighted by Crippen LogP contribution is 2.23. The molecule has 1 N–H and O–H groups in total. The molecule has 2 heterocycles. The minimum atomic E-state index is 0.416. The topological polar surface area (TPSA) is 74.8 Å². The third-order valence-corrected chi connectivity index (χ3v) is 3.11. The van der Waals surface area contributed by atoms with Crippen molar-refractivity contribution in [3.63, 3.8) is 0 Å². The third kappa shape index (κ3) is 2.51. The Labute approximate surface area is 121 Å². The fraction of sp³-hybridized carbons (Fsp3) is 0.125. The number of allylic oxidation sites excluding steroid dienone is 1. The van der Waals surface area contributed by atoms with Gasteiger partial charge in [0.2, 0.25) is 0 Å². The number of aromatic amines is 1. The lowest BCUT2D eigenvalue weighted by molar-refractivity contribution is 0.415. The summed E-state index contributed by atoms with van der Waals surface area (Å²) < 4.78 is 10.6. The predicted octanol–water partition coefficient (Wildman–Crippen LogP) is 3.54. The van der Waals surface area contributed by atoms with E-state index in [9.17, 15) is 5.26 Å². The highest BCUT2D eigenvalue weighted by molar-refractivity contribution is 5.89. The van der Waals surface area contributed by atoms with Crippen molar-refractivity contribution >= 4 is 22.7 Å². The lowest BCUT2D eigenvalue weighted by Crippen LogP contribution is -1.84. The zero-order valence-electron chi connectivity index (χ0n) is 11.7. The number of H-pyrrole nitrogens is 1. The molecule has 0 saturated heterocycles. The molecule has 0 saturated carbocycles. The minimum absolute atomic E-state index is 0.416. The molecule has 0 spiro atoms. The molecule has 0 atom stereocenters. The van der Waals surface area contributed by atoms with Crippen LogP contribution in [0.4, 0.5) is 0 Å². The van der Waals surface area contributed by atoms with Gasteiger partial charge < -0.3 is 14.1 Å². The monoisotopic (exact) mass is 279 g/mol. The zero-order chi connectivity index (χ0) is 14.8. The van der Waals surface area contributed by atoms with E-state index in [4.69, 9.17) is 9.15 Å². The van der Waals surface area contributed by atoms with Gasteiger partial charge in [-0.15, -0.1) is 0 Å². The summed E-state index contributed by atoms with van der Waals surface area (Å²) in [4.78, 5) is 7.54. The van der Waals surface area contributed by atoms with E-state index in [0.717, 1.165) is 22.5 Å². The first kappa shape index (κ1) is 13.0. The van der Waals surface area contributed by atoms with Gasteiger partial charge in [-0.05, 0) is 31.2 Å². The van der Waals surface area contributed by atoms with E-state index in [0.29, 0.717) is 17.2 Å². The lowest BCUT2D eigenvalue weighted by Gasteiger charge is -1.96. The number of fused-ring (bicyclic) bond motifs is 1. The number of nitriles is 1. The molecule has 0 aliphatic carbocycles. The summed E-state index contributed by atoms with van der Waals surface area (Å²) >= 11 is 0. The number of nitrogens with one attached hydrogen (secondary N) is 1. The van der Waals surface area contributed by atoms with Crippen molar-refractivity contribution in [1.82, 2.24) is 9.97 Å². The SMILES string of the molecule is COc1ccc2nc(/C(C#N)=C\c3ccc(C)o3)[nH]c2c1. The fourth-order valence-electron chi connectivity index (χ4n) is 2.07. The average Bonchev–Trinajstić information content (AvgIpc) is 3.09.